The number of carbonyl (C=O) groups excluding carboxylic acids is 1. The minimum absolute atomic E-state index is 0.187. The van der Waals surface area contributed by atoms with Gasteiger partial charge in [0.2, 0.25) is 0 Å². The molecule has 1 rings (SSSR count). The summed E-state index contributed by atoms with van der Waals surface area (Å²) < 4.78 is 0. The predicted octanol–water partition coefficient (Wildman–Crippen LogP) is 2.40. The highest BCUT2D eigenvalue weighted by molar-refractivity contribution is 6.01. The van der Waals surface area contributed by atoms with Gasteiger partial charge in [0.1, 0.15) is 0 Å². The van der Waals surface area contributed by atoms with Gasteiger partial charge in [-0.05, 0) is 11.5 Å². The largest absolute Gasteiger partial charge is 0.433 e. The first kappa shape index (κ1) is 12.2. The lowest BCUT2D eigenvalue weighted by Crippen LogP contribution is -2.19. The maximum Gasteiger partial charge on any atom is 0.433 e. The summed E-state index contributed by atoms with van der Waals surface area (Å²) in [6, 6.07) is 9.65. The van der Waals surface area contributed by atoms with Crippen LogP contribution in [0, 0.1) is 5.92 Å². The highest BCUT2D eigenvalue weighted by Gasteiger charge is 2.09. The average Bonchev–Trinajstić information content (AvgIpc) is 2.30. The van der Waals surface area contributed by atoms with Crippen LogP contribution in [0.25, 0.3) is 0 Å². The van der Waals surface area contributed by atoms with E-state index in [0.717, 1.165) is 11.3 Å². The molecule has 1 amide bonds. The first-order valence-corrected chi connectivity index (χ1v) is 5.17. The van der Waals surface area contributed by atoms with Gasteiger partial charge in [0.05, 0.1) is 5.71 Å². The molecule has 1 aromatic rings. The van der Waals surface area contributed by atoms with Gasteiger partial charge >= 0.3 is 6.09 Å². The minimum atomic E-state index is -0.561. The van der Waals surface area contributed by atoms with Crippen molar-refractivity contribution in [2.45, 2.75) is 13.8 Å². The molecule has 0 heterocycles. The van der Waals surface area contributed by atoms with Crippen molar-refractivity contribution < 1.29 is 9.63 Å². The quantitative estimate of drug-likeness (QED) is 0.483. The number of hydrogen-bond donors (Lipinski definition) is 1. The summed E-state index contributed by atoms with van der Waals surface area (Å²) in [5.74, 6) is 0.187. The molecule has 0 aliphatic rings. The van der Waals surface area contributed by atoms with Gasteiger partial charge in [0, 0.05) is 7.05 Å². The lowest BCUT2D eigenvalue weighted by molar-refractivity contribution is 0.152. The molecular weight excluding hydrogens is 204 g/mol. The van der Waals surface area contributed by atoms with Crippen LogP contribution in [-0.2, 0) is 4.84 Å². The van der Waals surface area contributed by atoms with E-state index in [1.54, 1.807) is 0 Å². The van der Waals surface area contributed by atoms with Gasteiger partial charge in [0.25, 0.3) is 0 Å². The Morgan fingerprint density at radius 1 is 1.31 bits per heavy atom. The highest BCUT2D eigenvalue weighted by atomic mass is 16.7. The summed E-state index contributed by atoms with van der Waals surface area (Å²) in [4.78, 5) is 15.6. The van der Waals surface area contributed by atoms with Crippen molar-refractivity contribution >= 4 is 11.8 Å². The van der Waals surface area contributed by atoms with Gasteiger partial charge < -0.3 is 5.32 Å². The molecule has 4 nitrogen and oxygen atoms in total. The second kappa shape index (κ2) is 5.90. The second-order valence-electron chi connectivity index (χ2n) is 3.63. The van der Waals surface area contributed by atoms with Crippen LogP contribution >= 0.6 is 0 Å². The number of benzene rings is 1. The van der Waals surface area contributed by atoms with Crippen LogP contribution < -0.4 is 5.32 Å². The van der Waals surface area contributed by atoms with Crippen LogP contribution in [0.4, 0.5) is 4.79 Å². The first-order valence-electron chi connectivity index (χ1n) is 5.17. The average molecular weight is 220 g/mol. The maximum atomic E-state index is 10.9. The van der Waals surface area contributed by atoms with Gasteiger partial charge in [-0.1, -0.05) is 49.3 Å². The number of rotatable bonds is 3. The summed E-state index contributed by atoms with van der Waals surface area (Å²) in [5, 5.41) is 6.21. The van der Waals surface area contributed by atoms with E-state index < -0.39 is 6.09 Å². The Balaban J connectivity index is 2.88. The molecule has 0 fully saturated rings. The molecule has 0 unspecified atom stereocenters. The molecule has 0 aliphatic carbocycles. The molecule has 0 aromatic heterocycles. The summed E-state index contributed by atoms with van der Waals surface area (Å²) in [6.45, 7) is 4.00. The molecule has 0 saturated carbocycles. The highest BCUT2D eigenvalue weighted by Crippen LogP contribution is 2.09. The molecule has 1 aromatic carbocycles. The molecule has 4 heteroatoms. The molecule has 0 bridgehead atoms. The van der Waals surface area contributed by atoms with Gasteiger partial charge in [-0.15, -0.1) is 0 Å². The summed E-state index contributed by atoms with van der Waals surface area (Å²) >= 11 is 0. The summed E-state index contributed by atoms with van der Waals surface area (Å²) in [5.41, 5.74) is 1.71. The number of amides is 1. The first-order chi connectivity index (χ1) is 7.65. The van der Waals surface area contributed by atoms with Crippen LogP contribution in [0.2, 0.25) is 0 Å². The molecule has 1 N–H and O–H groups in total. The van der Waals surface area contributed by atoms with Gasteiger partial charge in [-0.25, -0.2) is 4.79 Å². The number of nitrogens with zero attached hydrogens (tertiary/aromatic N) is 1. The van der Waals surface area contributed by atoms with Gasteiger partial charge in [-0.2, -0.15) is 0 Å². The third-order valence-corrected chi connectivity index (χ3v) is 2.05. The zero-order valence-corrected chi connectivity index (χ0v) is 9.73. The van der Waals surface area contributed by atoms with E-state index in [-0.39, 0.29) is 5.92 Å². The minimum Gasteiger partial charge on any atom is -0.323 e. The van der Waals surface area contributed by atoms with Crippen LogP contribution in [0.5, 0.6) is 0 Å². The molecule has 16 heavy (non-hydrogen) atoms. The third-order valence-electron chi connectivity index (χ3n) is 2.05. The van der Waals surface area contributed by atoms with Crippen molar-refractivity contribution in [3.8, 4) is 0 Å². The Hall–Kier alpha value is -1.84. The monoisotopic (exact) mass is 220 g/mol. The number of hydrogen-bond acceptors (Lipinski definition) is 3. The molecule has 0 aliphatic heterocycles. The Labute approximate surface area is 95.3 Å². The number of oxime groups is 1. The molecule has 0 atom stereocenters. The van der Waals surface area contributed by atoms with E-state index in [2.05, 4.69) is 10.5 Å². The van der Waals surface area contributed by atoms with Gasteiger partial charge in [-0.3, -0.25) is 4.84 Å². The second-order valence-corrected chi connectivity index (χ2v) is 3.63. The van der Waals surface area contributed by atoms with Crippen molar-refractivity contribution in [1.29, 1.82) is 0 Å². The Morgan fingerprint density at radius 2 is 1.94 bits per heavy atom. The van der Waals surface area contributed by atoms with Crippen molar-refractivity contribution in [1.82, 2.24) is 5.32 Å². The van der Waals surface area contributed by atoms with E-state index in [1.165, 1.54) is 7.05 Å². The van der Waals surface area contributed by atoms with Crippen molar-refractivity contribution in [3.05, 3.63) is 35.9 Å². The fraction of sp³-hybridized carbons (Fsp3) is 0.333. The molecule has 0 saturated heterocycles. The predicted molar refractivity (Wildman–Crippen MR) is 63.4 cm³/mol. The Bertz CT molecular complexity index is 372. The Kier molecular flexibility index (Phi) is 4.51. The van der Waals surface area contributed by atoms with Gasteiger partial charge in [0.15, 0.2) is 0 Å². The van der Waals surface area contributed by atoms with E-state index in [1.807, 2.05) is 44.2 Å². The number of nitrogens with one attached hydrogen (secondary N) is 1. The lowest BCUT2D eigenvalue weighted by Gasteiger charge is -2.09. The molecule has 0 radical (unpaired) electrons. The topological polar surface area (TPSA) is 50.7 Å². The van der Waals surface area contributed by atoms with Crippen LogP contribution in [0.15, 0.2) is 35.5 Å². The van der Waals surface area contributed by atoms with Crippen molar-refractivity contribution in [3.63, 3.8) is 0 Å². The maximum absolute atomic E-state index is 10.9. The summed E-state index contributed by atoms with van der Waals surface area (Å²) in [6.07, 6.45) is -0.561. The fourth-order valence-corrected chi connectivity index (χ4v) is 1.24. The summed E-state index contributed by atoms with van der Waals surface area (Å²) in [7, 11) is 1.50. The normalized spacial score (nSPS) is 11.4. The van der Waals surface area contributed by atoms with Crippen LogP contribution in [0.3, 0.4) is 0 Å². The standard InChI is InChI=1S/C12H16N2O2/c1-9(2)11(14-16-12(15)13-3)10-7-5-4-6-8-10/h4-9H,1-3H3,(H,13,15)/b14-11+. The Morgan fingerprint density at radius 3 is 2.44 bits per heavy atom. The molecule has 0 spiro atoms. The third kappa shape index (κ3) is 3.38. The zero-order valence-electron chi connectivity index (χ0n) is 9.73. The molecular formula is C12H16N2O2. The van der Waals surface area contributed by atoms with E-state index in [4.69, 9.17) is 4.84 Å². The SMILES string of the molecule is CNC(=O)O/N=C(/c1ccccc1)C(C)C. The van der Waals surface area contributed by atoms with E-state index in [9.17, 15) is 4.79 Å². The van der Waals surface area contributed by atoms with Crippen LogP contribution in [-0.4, -0.2) is 18.9 Å². The van der Waals surface area contributed by atoms with E-state index in [0.29, 0.717) is 0 Å². The number of carbonyl (C=O) groups is 1. The molecule has 86 valence electrons. The van der Waals surface area contributed by atoms with E-state index >= 15 is 0 Å². The fourth-order valence-electron chi connectivity index (χ4n) is 1.24. The smallest absolute Gasteiger partial charge is 0.323 e. The van der Waals surface area contributed by atoms with Crippen molar-refractivity contribution in [2.24, 2.45) is 11.1 Å². The van der Waals surface area contributed by atoms with Crippen LogP contribution in [0.1, 0.15) is 19.4 Å². The van der Waals surface area contributed by atoms with Crippen molar-refractivity contribution in [2.75, 3.05) is 7.05 Å². The lowest BCUT2D eigenvalue weighted by atomic mass is 10.0. The zero-order chi connectivity index (χ0) is 12.0.